The van der Waals surface area contributed by atoms with E-state index in [-0.39, 0.29) is 5.91 Å². The third-order valence-corrected chi connectivity index (χ3v) is 4.37. The third-order valence-electron chi connectivity index (χ3n) is 4.37. The van der Waals surface area contributed by atoms with Crippen LogP contribution in [0.15, 0.2) is 36.8 Å². The maximum Gasteiger partial charge on any atom is 0.259 e. The molecule has 0 fully saturated rings. The largest absolute Gasteiger partial charge is 0.383 e. The van der Waals surface area contributed by atoms with Gasteiger partial charge in [0.25, 0.3) is 5.91 Å². The zero-order valence-corrected chi connectivity index (χ0v) is 15.5. The second-order valence-corrected chi connectivity index (χ2v) is 6.17. The molecule has 0 spiro atoms. The van der Waals surface area contributed by atoms with Crippen LogP contribution in [0.1, 0.15) is 27.4 Å². The van der Waals surface area contributed by atoms with Gasteiger partial charge in [0.05, 0.1) is 36.4 Å². The lowest BCUT2D eigenvalue weighted by Gasteiger charge is -2.08. The number of ether oxygens (including phenoxy) is 1. The number of carbonyl (C=O) groups excluding carboxylic acids is 1. The maximum absolute atomic E-state index is 12.5. The standard InChI is InChI=1S/C19H23N5O2/c1-13-15(3)24(12-20-13)17-7-5-16(6-8-17)21-19(25)18-11-23(9-10-26-4)22-14(18)2/h5-8,11-12H,9-10H2,1-4H3,(H,21,25). The van der Waals surface area contributed by atoms with Gasteiger partial charge < -0.3 is 14.6 Å². The summed E-state index contributed by atoms with van der Waals surface area (Å²) in [6.45, 7) is 7.00. The van der Waals surface area contributed by atoms with E-state index < -0.39 is 0 Å². The Morgan fingerprint density at radius 1 is 1.15 bits per heavy atom. The van der Waals surface area contributed by atoms with Crippen LogP contribution in [0.5, 0.6) is 0 Å². The number of aromatic nitrogens is 4. The van der Waals surface area contributed by atoms with Crippen LogP contribution >= 0.6 is 0 Å². The van der Waals surface area contributed by atoms with Crippen molar-refractivity contribution in [2.45, 2.75) is 27.3 Å². The molecule has 0 atom stereocenters. The zero-order valence-electron chi connectivity index (χ0n) is 15.5. The maximum atomic E-state index is 12.5. The van der Waals surface area contributed by atoms with Gasteiger partial charge in [-0.25, -0.2) is 4.98 Å². The smallest absolute Gasteiger partial charge is 0.259 e. The highest BCUT2D eigenvalue weighted by atomic mass is 16.5. The Balaban J connectivity index is 1.72. The average Bonchev–Trinajstić information content (AvgIpc) is 3.17. The second kappa shape index (κ2) is 7.53. The van der Waals surface area contributed by atoms with Gasteiger partial charge in [0, 0.05) is 30.4 Å². The number of hydrogen-bond donors (Lipinski definition) is 1. The SMILES string of the molecule is COCCn1cc(C(=O)Nc2ccc(-n3cnc(C)c3C)cc2)c(C)n1. The summed E-state index contributed by atoms with van der Waals surface area (Å²) in [6.07, 6.45) is 3.55. The van der Waals surface area contributed by atoms with Crippen molar-refractivity contribution in [2.24, 2.45) is 0 Å². The fourth-order valence-corrected chi connectivity index (χ4v) is 2.70. The van der Waals surface area contributed by atoms with Crippen molar-refractivity contribution >= 4 is 11.6 Å². The Morgan fingerprint density at radius 2 is 1.88 bits per heavy atom. The van der Waals surface area contributed by atoms with Gasteiger partial charge in [-0.1, -0.05) is 0 Å². The minimum atomic E-state index is -0.173. The summed E-state index contributed by atoms with van der Waals surface area (Å²) in [4.78, 5) is 16.8. The fourth-order valence-electron chi connectivity index (χ4n) is 2.70. The molecule has 2 aromatic heterocycles. The van der Waals surface area contributed by atoms with Crippen molar-refractivity contribution in [3.8, 4) is 5.69 Å². The molecular weight excluding hydrogens is 330 g/mol. The highest BCUT2D eigenvalue weighted by Crippen LogP contribution is 2.18. The van der Waals surface area contributed by atoms with Gasteiger partial charge in [-0.2, -0.15) is 5.10 Å². The predicted octanol–water partition coefficient (Wildman–Crippen LogP) is 2.89. The molecule has 0 saturated carbocycles. The van der Waals surface area contributed by atoms with Gasteiger partial charge in [0.2, 0.25) is 0 Å². The Hall–Kier alpha value is -2.93. The lowest BCUT2D eigenvalue weighted by Crippen LogP contribution is -2.12. The second-order valence-electron chi connectivity index (χ2n) is 6.17. The molecule has 3 rings (SSSR count). The molecule has 26 heavy (non-hydrogen) atoms. The van der Waals surface area contributed by atoms with Gasteiger partial charge in [-0.3, -0.25) is 9.48 Å². The van der Waals surface area contributed by atoms with Crippen LogP contribution in [0.4, 0.5) is 5.69 Å². The zero-order chi connectivity index (χ0) is 18.7. The Kier molecular flexibility index (Phi) is 5.18. The highest BCUT2D eigenvalue weighted by molar-refractivity contribution is 6.04. The van der Waals surface area contributed by atoms with Crippen molar-refractivity contribution in [3.63, 3.8) is 0 Å². The Morgan fingerprint density at radius 3 is 2.50 bits per heavy atom. The van der Waals surface area contributed by atoms with Crippen LogP contribution in [-0.4, -0.2) is 39.0 Å². The molecule has 0 saturated heterocycles. The summed E-state index contributed by atoms with van der Waals surface area (Å²) < 4.78 is 8.78. The van der Waals surface area contributed by atoms with Crippen molar-refractivity contribution in [2.75, 3.05) is 19.0 Å². The Bertz CT molecular complexity index is 909. The topological polar surface area (TPSA) is 74.0 Å². The summed E-state index contributed by atoms with van der Waals surface area (Å²) in [5.41, 5.74) is 5.09. The Labute approximate surface area is 152 Å². The van der Waals surface area contributed by atoms with E-state index in [0.717, 1.165) is 22.8 Å². The first-order chi connectivity index (χ1) is 12.5. The molecule has 0 aliphatic carbocycles. The number of nitrogens with zero attached hydrogens (tertiary/aromatic N) is 4. The van der Waals surface area contributed by atoms with Crippen LogP contribution in [0, 0.1) is 20.8 Å². The van der Waals surface area contributed by atoms with Crippen LogP contribution in [0.25, 0.3) is 5.69 Å². The molecule has 1 amide bonds. The number of benzene rings is 1. The number of imidazole rings is 1. The number of aryl methyl sites for hydroxylation is 2. The average molecular weight is 353 g/mol. The first-order valence-electron chi connectivity index (χ1n) is 8.45. The molecular formula is C19H23N5O2. The molecule has 136 valence electrons. The van der Waals surface area contributed by atoms with E-state index in [9.17, 15) is 4.79 Å². The minimum Gasteiger partial charge on any atom is -0.383 e. The van der Waals surface area contributed by atoms with E-state index in [2.05, 4.69) is 15.4 Å². The van der Waals surface area contributed by atoms with E-state index in [1.165, 1.54) is 0 Å². The molecule has 2 heterocycles. The van der Waals surface area contributed by atoms with Crippen LogP contribution in [0.3, 0.4) is 0 Å². The normalized spacial score (nSPS) is 10.9. The first kappa shape index (κ1) is 17.9. The predicted molar refractivity (Wildman–Crippen MR) is 99.8 cm³/mol. The van der Waals surface area contributed by atoms with Crippen LogP contribution in [-0.2, 0) is 11.3 Å². The lowest BCUT2D eigenvalue weighted by molar-refractivity contribution is 0.102. The van der Waals surface area contributed by atoms with Gasteiger partial charge in [-0.05, 0) is 45.0 Å². The van der Waals surface area contributed by atoms with Gasteiger partial charge in [0.1, 0.15) is 0 Å². The number of nitrogens with one attached hydrogen (secondary N) is 1. The van der Waals surface area contributed by atoms with E-state index in [1.54, 1.807) is 24.3 Å². The highest BCUT2D eigenvalue weighted by Gasteiger charge is 2.14. The molecule has 0 radical (unpaired) electrons. The minimum absolute atomic E-state index is 0.173. The molecule has 0 unspecified atom stereocenters. The molecule has 0 aliphatic rings. The van der Waals surface area contributed by atoms with Gasteiger partial charge in [0.15, 0.2) is 0 Å². The molecule has 7 heteroatoms. The summed E-state index contributed by atoms with van der Waals surface area (Å²) in [7, 11) is 1.64. The van der Waals surface area contributed by atoms with Crippen LogP contribution in [0.2, 0.25) is 0 Å². The number of methoxy groups -OCH3 is 1. The monoisotopic (exact) mass is 353 g/mol. The quantitative estimate of drug-likeness (QED) is 0.739. The number of hydrogen-bond acceptors (Lipinski definition) is 4. The van der Waals surface area contributed by atoms with Crippen LogP contribution < -0.4 is 5.32 Å². The van der Waals surface area contributed by atoms with Crippen molar-refractivity contribution in [1.29, 1.82) is 0 Å². The van der Waals surface area contributed by atoms with Gasteiger partial charge >= 0.3 is 0 Å². The van der Waals surface area contributed by atoms with Crippen molar-refractivity contribution < 1.29 is 9.53 Å². The molecule has 1 aromatic carbocycles. The van der Waals surface area contributed by atoms with Crippen molar-refractivity contribution in [1.82, 2.24) is 19.3 Å². The summed E-state index contributed by atoms with van der Waals surface area (Å²) >= 11 is 0. The molecule has 3 aromatic rings. The molecule has 1 N–H and O–H groups in total. The molecule has 0 bridgehead atoms. The van der Waals surface area contributed by atoms with E-state index >= 15 is 0 Å². The number of anilines is 1. The number of carbonyl (C=O) groups is 1. The third kappa shape index (κ3) is 3.67. The lowest BCUT2D eigenvalue weighted by atomic mass is 10.2. The summed E-state index contributed by atoms with van der Waals surface area (Å²) in [5, 5.41) is 7.26. The number of rotatable bonds is 6. The fraction of sp³-hybridized carbons (Fsp3) is 0.316. The molecule has 7 nitrogen and oxygen atoms in total. The van der Waals surface area contributed by atoms with E-state index in [4.69, 9.17) is 4.74 Å². The summed E-state index contributed by atoms with van der Waals surface area (Å²) in [5.74, 6) is -0.173. The summed E-state index contributed by atoms with van der Waals surface area (Å²) in [6, 6.07) is 7.68. The van der Waals surface area contributed by atoms with Crippen molar-refractivity contribution in [3.05, 3.63) is 59.4 Å². The molecule has 0 aliphatic heterocycles. The van der Waals surface area contributed by atoms with E-state index in [0.29, 0.717) is 24.4 Å². The van der Waals surface area contributed by atoms with E-state index in [1.807, 2.05) is 49.6 Å². The number of amides is 1. The first-order valence-corrected chi connectivity index (χ1v) is 8.45. The van der Waals surface area contributed by atoms with Gasteiger partial charge in [-0.15, -0.1) is 0 Å².